The van der Waals surface area contributed by atoms with Gasteiger partial charge in [-0.15, -0.1) is 0 Å². The van der Waals surface area contributed by atoms with Crippen molar-refractivity contribution in [2.45, 2.75) is 37.7 Å². The summed E-state index contributed by atoms with van der Waals surface area (Å²) < 4.78 is 33.0. The van der Waals surface area contributed by atoms with Crippen LogP contribution in [0.2, 0.25) is 0 Å². The van der Waals surface area contributed by atoms with Gasteiger partial charge in [-0.05, 0) is 30.5 Å². The van der Waals surface area contributed by atoms with E-state index in [0.29, 0.717) is 0 Å². The monoisotopic (exact) mass is 284 g/mol. The van der Waals surface area contributed by atoms with E-state index in [2.05, 4.69) is 0 Å². The number of benzene rings is 1. The second-order valence-corrected chi connectivity index (χ2v) is 6.60. The van der Waals surface area contributed by atoms with Crippen LogP contribution in [-0.4, -0.2) is 27.9 Å². The van der Waals surface area contributed by atoms with Gasteiger partial charge >= 0.3 is 0 Å². The molecule has 0 radical (unpaired) electrons. The van der Waals surface area contributed by atoms with Crippen molar-refractivity contribution >= 4 is 10.1 Å². The van der Waals surface area contributed by atoms with Crippen LogP contribution in [0.5, 0.6) is 5.75 Å². The Hall–Kier alpha value is -1.07. The third kappa shape index (κ3) is 3.94. The maximum Gasteiger partial charge on any atom is 0.264 e. The predicted octanol–water partition coefficient (Wildman–Crippen LogP) is 2.70. The fourth-order valence-corrected chi connectivity index (χ4v) is 3.35. The van der Waals surface area contributed by atoms with E-state index >= 15 is 0 Å². The summed E-state index contributed by atoms with van der Waals surface area (Å²) >= 11 is 0. The molecule has 0 N–H and O–H groups in total. The van der Waals surface area contributed by atoms with E-state index in [1.54, 1.807) is 7.11 Å². The Morgan fingerprint density at radius 3 is 2.32 bits per heavy atom. The number of rotatable bonds is 4. The Bertz CT molecular complexity index is 507. The fourth-order valence-electron chi connectivity index (χ4n) is 2.67. The van der Waals surface area contributed by atoms with Crippen LogP contribution in [0.25, 0.3) is 0 Å². The first kappa shape index (κ1) is 14.3. The first-order valence-corrected chi connectivity index (χ1v) is 8.33. The predicted molar refractivity (Wildman–Crippen MR) is 73.9 cm³/mol. The maximum atomic E-state index is 11.3. The van der Waals surface area contributed by atoms with Gasteiger partial charge in [0.1, 0.15) is 5.75 Å². The molecule has 0 heterocycles. The van der Waals surface area contributed by atoms with Gasteiger partial charge in [0.2, 0.25) is 0 Å². The summed E-state index contributed by atoms with van der Waals surface area (Å²) in [4.78, 5) is 0. The van der Waals surface area contributed by atoms with Crippen molar-refractivity contribution in [3.63, 3.8) is 0 Å². The lowest BCUT2D eigenvalue weighted by molar-refractivity contribution is 0.138. The van der Waals surface area contributed by atoms with Gasteiger partial charge in [-0.2, -0.15) is 8.42 Å². The van der Waals surface area contributed by atoms with Crippen LogP contribution < -0.4 is 4.74 Å². The van der Waals surface area contributed by atoms with E-state index in [9.17, 15) is 8.42 Å². The van der Waals surface area contributed by atoms with Gasteiger partial charge in [0.15, 0.2) is 0 Å². The highest BCUT2D eigenvalue weighted by Gasteiger charge is 2.29. The van der Waals surface area contributed by atoms with Crippen LogP contribution in [0.15, 0.2) is 24.3 Å². The van der Waals surface area contributed by atoms with Gasteiger partial charge in [-0.1, -0.05) is 25.0 Å². The molecule has 5 heteroatoms. The van der Waals surface area contributed by atoms with E-state index < -0.39 is 10.1 Å². The molecule has 1 aliphatic carbocycles. The van der Waals surface area contributed by atoms with Gasteiger partial charge in [0.05, 0.1) is 19.5 Å². The summed E-state index contributed by atoms with van der Waals surface area (Å²) in [5.41, 5.74) is 1.12. The van der Waals surface area contributed by atoms with E-state index in [-0.39, 0.29) is 12.0 Å². The molecule has 0 aliphatic heterocycles. The van der Waals surface area contributed by atoms with E-state index in [1.165, 1.54) is 0 Å². The molecule has 0 aromatic heterocycles. The summed E-state index contributed by atoms with van der Waals surface area (Å²) in [6.45, 7) is 0. The van der Waals surface area contributed by atoms with Crippen LogP contribution >= 0.6 is 0 Å². The quantitative estimate of drug-likeness (QED) is 0.798. The van der Waals surface area contributed by atoms with Crippen LogP contribution in [0.3, 0.4) is 0 Å². The third-order valence-electron chi connectivity index (χ3n) is 3.54. The lowest BCUT2D eigenvalue weighted by Gasteiger charge is -2.30. The lowest BCUT2D eigenvalue weighted by atomic mass is 9.82. The summed E-state index contributed by atoms with van der Waals surface area (Å²) in [6.07, 6.45) is 4.77. The Kier molecular flexibility index (Phi) is 4.47. The first-order valence-electron chi connectivity index (χ1n) is 6.52. The minimum absolute atomic E-state index is 0.148. The maximum absolute atomic E-state index is 11.3. The molecule has 4 nitrogen and oxygen atoms in total. The lowest BCUT2D eigenvalue weighted by Crippen LogP contribution is -2.28. The molecule has 19 heavy (non-hydrogen) atoms. The number of hydrogen-bond acceptors (Lipinski definition) is 4. The van der Waals surface area contributed by atoms with Crippen LogP contribution in [0.1, 0.15) is 37.2 Å². The second kappa shape index (κ2) is 5.92. The number of hydrogen-bond donors (Lipinski definition) is 0. The Morgan fingerprint density at radius 1 is 1.11 bits per heavy atom. The summed E-state index contributed by atoms with van der Waals surface area (Å²) in [7, 11) is -1.77. The van der Waals surface area contributed by atoms with Crippen molar-refractivity contribution in [1.29, 1.82) is 0 Å². The molecule has 0 bridgehead atoms. The number of ether oxygens (including phenoxy) is 1. The van der Waals surface area contributed by atoms with E-state index in [0.717, 1.165) is 43.3 Å². The average Bonchev–Trinajstić information content (AvgIpc) is 2.38. The van der Waals surface area contributed by atoms with Crippen molar-refractivity contribution in [3.05, 3.63) is 29.8 Å². The van der Waals surface area contributed by atoms with Crippen molar-refractivity contribution < 1.29 is 17.3 Å². The minimum Gasteiger partial charge on any atom is -0.497 e. The highest BCUT2D eigenvalue weighted by molar-refractivity contribution is 7.86. The van der Waals surface area contributed by atoms with Crippen molar-refractivity contribution in [2.24, 2.45) is 0 Å². The SMILES string of the molecule is COc1ccc([C@H]2CCCC[C@@H]2OS(C)(=O)=O)cc1. The third-order valence-corrected chi connectivity index (χ3v) is 4.14. The molecule has 2 atom stereocenters. The number of methoxy groups -OCH3 is 1. The minimum atomic E-state index is -3.40. The zero-order valence-electron chi connectivity index (χ0n) is 11.3. The van der Waals surface area contributed by atoms with Crippen LogP contribution in [0, 0.1) is 0 Å². The second-order valence-electron chi connectivity index (χ2n) is 5.00. The highest BCUT2D eigenvalue weighted by Crippen LogP contribution is 2.36. The zero-order chi connectivity index (χ0) is 13.9. The standard InChI is InChI=1S/C14H20O4S/c1-17-12-9-7-11(8-10-12)13-5-3-4-6-14(13)18-19(2,15)16/h7-10,13-14H,3-6H2,1-2H3/t13-,14+/m1/s1. The molecule has 0 amide bonds. The average molecular weight is 284 g/mol. The highest BCUT2D eigenvalue weighted by atomic mass is 32.2. The van der Waals surface area contributed by atoms with Crippen molar-refractivity contribution in [2.75, 3.05) is 13.4 Å². The van der Waals surface area contributed by atoms with Gasteiger partial charge in [0.25, 0.3) is 10.1 Å². The van der Waals surface area contributed by atoms with Crippen molar-refractivity contribution in [3.8, 4) is 5.75 Å². The fraction of sp³-hybridized carbons (Fsp3) is 0.571. The van der Waals surface area contributed by atoms with Gasteiger partial charge in [-0.3, -0.25) is 4.18 Å². The molecule has 106 valence electrons. The Balaban J connectivity index is 2.18. The summed E-state index contributed by atoms with van der Waals surface area (Å²) in [6, 6.07) is 7.80. The Labute approximate surface area is 114 Å². The molecule has 1 saturated carbocycles. The molecule has 0 spiro atoms. The molecule has 0 saturated heterocycles. The molecule has 1 aliphatic rings. The first-order chi connectivity index (χ1) is 8.99. The van der Waals surface area contributed by atoms with Gasteiger partial charge in [0, 0.05) is 5.92 Å². The van der Waals surface area contributed by atoms with Gasteiger partial charge in [-0.25, -0.2) is 0 Å². The summed E-state index contributed by atoms with van der Waals surface area (Å²) in [5.74, 6) is 0.953. The molecule has 1 fully saturated rings. The summed E-state index contributed by atoms with van der Waals surface area (Å²) in [5, 5.41) is 0. The molecule has 2 rings (SSSR count). The molecular formula is C14H20O4S. The normalized spacial score (nSPS) is 24.1. The topological polar surface area (TPSA) is 52.6 Å². The Morgan fingerprint density at radius 2 is 1.74 bits per heavy atom. The molecular weight excluding hydrogens is 264 g/mol. The van der Waals surface area contributed by atoms with Crippen LogP contribution in [0.4, 0.5) is 0 Å². The molecule has 1 aromatic rings. The van der Waals surface area contributed by atoms with E-state index in [4.69, 9.17) is 8.92 Å². The van der Waals surface area contributed by atoms with Crippen molar-refractivity contribution in [1.82, 2.24) is 0 Å². The van der Waals surface area contributed by atoms with Crippen LogP contribution in [-0.2, 0) is 14.3 Å². The van der Waals surface area contributed by atoms with E-state index in [1.807, 2.05) is 24.3 Å². The van der Waals surface area contributed by atoms with Gasteiger partial charge < -0.3 is 4.74 Å². The largest absolute Gasteiger partial charge is 0.497 e. The smallest absolute Gasteiger partial charge is 0.264 e. The zero-order valence-corrected chi connectivity index (χ0v) is 12.2. The molecule has 0 unspecified atom stereocenters. The molecule has 1 aromatic carbocycles.